The largest absolute Gasteiger partial charge is 0.476 e. The Labute approximate surface area is 211 Å². The Bertz CT molecular complexity index is 1180. The van der Waals surface area contributed by atoms with E-state index in [0.29, 0.717) is 17.6 Å². The molecule has 3 aromatic heterocycles. The minimum absolute atomic E-state index is 0.00193. The molecule has 0 aliphatic carbocycles. The van der Waals surface area contributed by atoms with Crippen molar-refractivity contribution in [1.82, 2.24) is 24.2 Å². The van der Waals surface area contributed by atoms with Crippen molar-refractivity contribution in [3.63, 3.8) is 0 Å². The zero-order chi connectivity index (χ0) is 27.2. The van der Waals surface area contributed by atoms with Gasteiger partial charge in [-0.15, -0.1) is 0 Å². The molecular weight excluding hydrogens is 528 g/mol. The van der Waals surface area contributed by atoms with E-state index in [0.717, 1.165) is 17.7 Å². The summed E-state index contributed by atoms with van der Waals surface area (Å²) in [6.45, 7) is 1.83. The molecule has 3 aromatic rings. The van der Waals surface area contributed by atoms with E-state index < -0.39 is 30.4 Å². The van der Waals surface area contributed by atoms with E-state index in [4.69, 9.17) is 4.74 Å². The Morgan fingerprint density at radius 2 is 1.81 bits per heavy atom. The van der Waals surface area contributed by atoms with Gasteiger partial charge in [0.15, 0.2) is 5.69 Å². The van der Waals surface area contributed by atoms with Gasteiger partial charge in [-0.2, -0.15) is 30.7 Å². The number of aryl methyl sites for hydroxylation is 1. The van der Waals surface area contributed by atoms with Gasteiger partial charge in [0.2, 0.25) is 5.88 Å². The number of likely N-dealkylation sites (N-methyl/N-ethyl adjacent to an activating group) is 1. The molecule has 1 amide bonds. The van der Waals surface area contributed by atoms with Gasteiger partial charge in [-0.3, -0.25) is 4.79 Å². The van der Waals surface area contributed by atoms with E-state index >= 15 is 0 Å². The maximum Gasteiger partial charge on any atom is 0.434 e. The average Bonchev–Trinajstić information content (AvgIpc) is 3.18. The highest BCUT2D eigenvalue weighted by Gasteiger charge is 2.33. The van der Waals surface area contributed by atoms with Gasteiger partial charge < -0.3 is 20.3 Å². The van der Waals surface area contributed by atoms with Crippen LogP contribution in [0.2, 0.25) is 0 Å². The monoisotopic (exact) mass is 549 g/mol. The van der Waals surface area contributed by atoms with Crippen molar-refractivity contribution in [3.8, 4) is 5.88 Å². The van der Waals surface area contributed by atoms with Gasteiger partial charge in [0.1, 0.15) is 17.4 Å². The minimum atomic E-state index is -4.63. The number of aromatic nitrogens is 4. The first-order valence-corrected chi connectivity index (χ1v) is 11.4. The van der Waals surface area contributed by atoms with Crippen LogP contribution in [-0.2, 0) is 6.18 Å². The van der Waals surface area contributed by atoms with Gasteiger partial charge in [0, 0.05) is 19.2 Å². The standard InChI is InChI=1S/C21H21F6N7O2S/c1-12-17(19(37-33-12)32-15-11-28-14(10-29-15)21(25,26)27)18(35)31-13-3-4-16(30-9-13)36-8-7-34(2)6-5-20(22,23)24/h3-4,9-11H,5-8H2,1-2H3,(H,29,32)(H,31,35). The lowest BCUT2D eigenvalue weighted by molar-refractivity contribution is -0.141. The lowest BCUT2D eigenvalue weighted by atomic mass is 10.2. The predicted octanol–water partition coefficient (Wildman–Crippen LogP) is 4.91. The molecule has 0 aromatic carbocycles. The highest BCUT2D eigenvalue weighted by atomic mass is 32.1. The second-order valence-corrected chi connectivity index (χ2v) is 8.51. The van der Waals surface area contributed by atoms with Crippen molar-refractivity contribution >= 4 is 33.9 Å². The highest BCUT2D eigenvalue weighted by Crippen LogP contribution is 2.30. The van der Waals surface area contributed by atoms with Crippen LogP contribution in [0.15, 0.2) is 30.7 Å². The molecule has 37 heavy (non-hydrogen) atoms. The molecule has 0 aliphatic rings. The summed E-state index contributed by atoms with van der Waals surface area (Å²) >= 11 is 0.924. The number of amides is 1. The Morgan fingerprint density at radius 1 is 1.05 bits per heavy atom. The molecule has 2 N–H and O–H groups in total. The molecule has 0 bridgehead atoms. The number of ether oxygens (including phenoxy) is 1. The lowest BCUT2D eigenvalue weighted by Gasteiger charge is -2.17. The summed E-state index contributed by atoms with van der Waals surface area (Å²) in [5.41, 5.74) is -0.281. The summed E-state index contributed by atoms with van der Waals surface area (Å²) in [5, 5.41) is 5.65. The average molecular weight is 550 g/mol. The van der Waals surface area contributed by atoms with Crippen molar-refractivity contribution in [2.75, 3.05) is 37.4 Å². The molecule has 0 aliphatic heterocycles. The number of hydrogen-bond donors (Lipinski definition) is 2. The molecule has 0 radical (unpaired) electrons. The number of hydrogen-bond acceptors (Lipinski definition) is 9. The summed E-state index contributed by atoms with van der Waals surface area (Å²) in [7, 11) is 1.55. The van der Waals surface area contributed by atoms with Crippen molar-refractivity contribution in [3.05, 3.63) is 47.7 Å². The van der Waals surface area contributed by atoms with Gasteiger partial charge in [-0.1, -0.05) is 0 Å². The first kappa shape index (κ1) is 28.0. The first-order valence-electron chi connectivity index (χ1n) is 10.6. The maximum atomic E-state index is 12.8. The molecule has 16 heteroatoms. The van der Waals surface area contributed by atoms with E-state index in [2.05, 4.69) is 30.0 Å². The number of nitrogens with zero attached hydrogens (tertiary/aromatic N) is 5. The minimum Gasteiger partial charge on any atom is -0.476 e. The van der Waals surface area contributed by atoms with Crippen molar-refractivity contribution < 1.29 is 35.9 Å². The molecular formula is C21H21F6N7O2S. The maximum absolute atomic E-state index is 12.8. The SMILES string of the molecule is Cc1nsc(Nc2cnc(C(F)(F)F)cn2)c1C(=O)Nc1ccc(OCCN(C)CCC(F)(F)F)nc1. The molecule has 9 nitrogen and oxygen atoms in total. The third-order valence-corrected chi connectivity index (χ3v) is 5.62. The summed E-state index contributed by atoms with van der Waals surface area (Å²) in [6.07, 6.45) is -6.95. The van der Waals surface area contributed by atoms with Crippen molar-refractivity contribution in [1.29, 1.82) is 0 Å². The van der Waals surface area contributed by atoms with Crippen LogP contribution >= 0.6 is 11.5 Å². The normalized spacial score (nSPS) is 12.0. The predicted molar refractivity (Wildman–Crippen MR) is 123 cm³/mol. The molecule has 200 valence electrons. The van der Waals surface area contributed by atoms with E-state index in [9.17, 15) is 31.1 Å². The number of pyridine rings is 1. The number of alkyl halides is 6. The number of rotatable bonds is 10. The van der Waals surface area contributed by atoms with Crippen LogP contribution in [0.3, 0.4) is 0 Å². The third kappa shape index (κ3) is 8.52. The topological polar surface area (TPSA) is 105 Å². The van der Waals surface area contributed by atoms with Crippen LogP contribution in [0.5, 0.6) is 5.88 Å². The fraction of sp³-hybridized carbons (Fsp3) is 0.381. The fourth-order valence-corrected chi connectivity index (χ4v) is 3.65. The van der Waals surface area contributed by atoms with Gasteiger partial charge in [0.05, 0.1) is 42.0 Å². The molecule has 3 rings (SSSR count). The number of halogens is 6. The summed E-state index contributed by atoms with van der Waals surface area (Å²) in [5.74, 6) is -0.327. The Hall–Kier alpha value is -3.53. The van der Waals surface area contributed by atoms with Crippen LogP contribution < -0.4 is 15.4 Å². The van der Waals surface area contributed by atoms with Gasteiger partial charge in [-0.05, 0) is 31.6 Å². The zero-order valence-corrected chi connectivity index (χ0v) is 20.3. The van der Waals surface area contributed by atoms with Crippen LogP contribution in [0.1, 0.15) is 28.2 Å². The summed E-state index contributed by atoms with van der Waals surface area (Å²) < 4.78 is 84.4. The van der Waals surface area contributed by atoms with Crippen LogP contribution in [0.25, 0.3) is 0 Å². The van der Waals surface area contributed by atoms with Crippen molar-refractivity contribution in [2.24, 2.45) is 0 Å². The van der Waals surface area contributed by atoms with Crippen LogP contribution in [0, 0.1) is 6.92 Å². The van der Waals surface area contributed by atoms with Crippen LogP contribution in [-0.4, -0.2) is 63.1 Å². The summed E-state index contributed by atoms with van der Waals surface area (Å²) in [4.78, 5) is 25.4. The molecule has 0 saturated carbocycles. The van der Waals surface area contributed by atoms with E-state index in [-0.39, 0.29) is 42.0 Å². The van der Waals surface area contributed by atoms with Gasteiger partial charge in [0.25, 0.3) is 5.91 Å². The zero-order valence-electron chi connectivity index (χ0n) is 19.4. The fourth-order valence-electron chi connectivity index (χ4n) is 2.85. The van der Waals surface area contributed by atoms with E-state index in [1.54, 1.807) is 14.0 Å². The summed E-state index contributed by atoms with van der Waals surface area (Å²) in [6, 6.07) is 3.01. The quantitative estimate of drug-likeness (QED) is 0.344. The molecule has 0 saturated heterocycles. The van der Waals surface area contributed by atoms with Gasteiger partial charge >= 0.3 is 12.4 Å². The second kappa shape index (κ2) is 11.7. The molecule has 0 unspecified atom stereocenters. The molecule has 0 atom stereocenters. The van der Waals surface area contributed by atoms with Crippen LogP contribution in [0.4, 0.5) is 42.8 Å². The number of anilines is 3. The van der Waals surface area contributed by atoms with E-state index in [1.165, 1.54) is 23.2 Å². The number of nitrogens with one attached hydrogen (secondary N) is 2. The van der Waals surface area contributed by atoms with E-state index in [1.807, 2.05) is 0 Å². The molecule has 0 spiro atoms. The Kier molecular flexibility index (Phi) is 8.85. The number of carbonyl (C=O) groups excluding carboxylic acids is 1. The number of carbonyl (C=O) groups is 1. The smallest absolute Gasteiger partial charge is 0.434 e. The first-order chi connectivity index (χ1) is 17.3. The lowest BCUT2D eigenvalue weighted by Crippen LogP contribution is -2.28. The van der Waals surface area contributed by atoms with Gasteiger partial charge in [-0.25, -0.2) is 15.0 Å². The highest BCUT2D eigenvalue weighted by molar-refractivity contribution is 7.10. The molecule has 0 fully saturated rings. The molecule has 3 heterocycles. The van der Waals surface area contributed by atoms with Crippen molar-refractivity contribution in [2.45, 2.75) is 25.7 Å². The Morgan fingerprint density at radius 3 is 2.41 bits per heavy atom. The third-order valence-electron chi connectivity index (χ3n) is 4.77. The second-order valence-electron chi connectivity index (χ2n) is 7.74. The Balaban J connectivity index is 1.55.